The fourth-order valence-corrected chi connectivity index (χ4v) is 4.54. The van der Waals surface area contributed by atoms with Gasteiger partial charge in [0.2, 0.25) is 0 Å². The van der Waals surface area contributed by atoms with E-state index in [4.69, 9.17) is 51.1 Å². The number of amides is 3. The highest BCUT2D eigenvalue weighted by molar-refractivity contribution is 9.10. The van der Waals surface area contributed by atoms with Crippen molar-refractivity contribution in [3.8, 4) is 0 Å². The van der Waals surface area contributed by atoms with Crippen LogP contribution in [0.1, 0.15) is 46.4 Å². The van der Waals surface area contributed by atoms with E-state index in [0.29, 0.717) is 24.9 Å². The first-order chi connectivity index (χ1) is 16.1. The van der Waals surface area contributed by atoms with Gasteiger partial charge >= 0.3 is 5.97 Å². The van der Waals surface area contributed by atoms with Crippen molar-refractivity contribution in [1.82, 2.24) is 4.90 Å². The number of carbonyl (C=O) groups is 4. The third-order valence-electron chi connectivity index (χ3n) is 4.94. The Hall–Kier alpha value is -1.84. The average molecular weight is 611 g/mol. The fraction of sp³-hybridized carbons (Fsp3) is 0.273. The molecule has 0 aliphatic carbocycles. The van der Waals surface area contributed by atoms with E-state index in [1.165, 1.54) is 0 Å². The highest BCUT2D eigenvalue weighted by Crippen LogP contribution is 2.44. The predicted molar refractivity (Wildman–Crippen MR) is 134 cm³/mol. The molecule has 12 heteroatoms. The molecule has 0 atom stereocenters. The molecule has 3 amide bonds. The van der Waals surface area contributed by atoms with Crippen molar-refractivity contribution >= 4 is 91.7 Å². The molecule has 180 valence electrons. The van der Waals surface area contributed by atoms with Crippen LogP contribution in [-0.4, -0.2) is 41.7 Å². The molecule has 0 aromatic heterocycles. The standard InChI is InChI=1S/C22H17BrCl4N2O5/c23-11-5-7-12(8-6-11)28-13(30)10-34-14(31)4-2-1-3-9-29-21(32)15-16(22(29)33)18(25)20(27)19(26)17(15)24/h5-8H,1-4,9-10H2,(H,28,30). The zero-order valence-electron chi connectivity index (χ0n) is 17.4. The maximum atomic E-state index is 12.7. The number of carbonyl (C=O) groups excluding carboxylic acids is 4. The lowest BCUT2D eigenvalue weighted by atomic mass is 10.1. The minimum atomic E-state index is -0.596. The molecule has 1 aliphatic heterocycles. The largest absolute Gasteiger partial charge is 0.456 e. The number of unbranched alkanes of at least 4 members (excludes halogenated alkanes) is 2. The van der Waals surface area contributed by atoms with Crippen LogP contribution in [0.25, 0.3) is 0 Å². The lowest BCUT2D eigenvalue weighted by Gasteiger charge is -2.13. The Balaban J connectivity index is 1.40. The molecule has 3 rings (SSSR count). The molecule has 0 fully saturated rings. The van der Waals surface area contributed by atoms with E-state index >= 15 is 0 Å². The number of imide groups is 1. The number of nitrogens with one attached hydrogen (secondary N) is 1. The quantitative estimate of drug-likeness (QED) is 0.117. The van der Waals surface area contributed by atoms with Crippen LogP contribution >= 0.6 is 62.3 Å². The second kappa shape index (κ2) is 11.7. The number of esters is 1. The van der Waals surface area contributed by atoms with Gasteiger partial charge in [0, 0.05) is 23.1 Å². The molecule has 2 aromatic rings. The molecule has 0 spiro atoms. The molecular formula is C22H17BrCl4N2O5. The van der Waals surface area contributed by atoms with Gasteiger partial charge < -0.3 is 10.1 Å². The van der Waals surface area contributed by atoms with Crippen LogP contribution in [0.2, 0.25) is 20.1 Å². The highest BCUT2D eigenvalue weighted by Gasteiger charge is 2.41. The second-order valence-corrected chi connectivity index (χ2v) is 9.72. The van der Waals surface area contributed by atoms with Crippen molar-refractivity contribution in [2.75, 3.05) is 18.5 Å². The van der Waals surface area contributed by atoms with Crippen LogP contribution in [0.4, 0.5) is 5.69 Å². The van der Waals surface area contributed by atoms with Gasteiger partial charge in [0.05, 0.1) is 31.2 Å². The Bertz CT molecular complexity index is 1110. The van der Waals surface area contributed by atoms with Crippen molar-refractivity contribution in [2.45, 2.75) is 25.7 Å². The van der Waals surface area contributed by atoms with Gasteiger partial charge in [-0.25, -0.2) is 0 Å². The fourth-order valence-electron chi connectivity index (χ4n) is 3.26. The predicted octanol–water partition coefficient (Wildman–Crippen LogP) is 6.40. The minimum Gasteiger partial charge on any atom is -0.456 e. The molecule has 0 saturated heterocycles. The summed E-state index contributed by atoms with van der Waals surface area (Å²) in [6.07, 6.45) is 1.53. The summed E-state index contributed by atoms with van der Waals surface area (Å²) >= 11 is 27.5. The Morgan fingerprint density at radius 1 is 0.853 bits per heavy atom. The Morgan fingerprint density at radius 3 is 1.97 bits per heavy atom. The monoisotopic (exact) mass is 608 g/mol. The Morgan fingerprint density at radius 2 is 1.41 bits per heavy atom. The van der Waals surface area contributed by atoms with Gasteiger partial charge in [-0.3, -0.25) is 24.1 Å². The van der Waals surface area contributed by atoms with Gasteiger partial charge in [-0.2, -0.15) is 0 Å². The van der Waals surface area contributed by atoms with Crippen LogP contribution in [0.5, 0.6) is 0 Å². The van der Waals surface area contributed by atoms with Crippen LogP contribution in [0.3, 0.4) is 0 Å². The second-order valence-electron chi connectivity index (χ2n) is 7.29. The smallest absolute Gasteiger partial charge is 0.306 e. The molecule has 1 heterocycles. The molecule has 2 aromatic carbocycles. The Labute approximate surface area is 223 Å². The number of ether oxygens (including phenoxy) is 1. The molecule has 0 bridgehead atoms. The van der Waals surface area contributed by atoms with Crippen LogP contribution in [0.15, 0.2) is 28.7 Å². The van der Waals surface area contributed by atoms with Crippen LogP contribution in [-0.2, 0) is 14.3 Å². The summed E-state index contributed by atoms with van der Waals surface area (Å²) in [6.45, 7) is -0.282. The van der Waals surface area contributed by atoms with Gasteiger partial charge in [0.25, 0.3) is 17.7 Å². The third kappa shape index (κ3) is 6.04. The summed E-state index contributed by atoms with van der Waals surface area (Å²) < 4.78 is 5.85. The van der Waals surface area contributed by atoms with E-state index < -0.39 is 30.3 Å². The van der Waals surface area contributed by atoms with Crippen LogP contribution in [0, 0.1) is 0 Å². The van der Waals surface area contributed by atoms with E-state index in [1.807, 2.05) is 0 Å². The van der Waals surface area contributed by atoms with E-state index in [9.17, 15) is 19.2 Å². The third-order valence-corrected chi connectivity index (χ3v) is 7.27. The first-order valence-corrected chi connectivity index (χ1v) is 12.4. The first kappa shape index (κ1) is 26.8. The summed E-state index contributed by atoms with van der Waals surface area (Å²) in [5.41, 5.74) is 0.469. The molecule has 1 N–H and O–H groups in total. The number of hydrogen-bond donors (Lipinski definition) is 1. The zero-order valence-corrected chi connectivity index (χ0v) is 22.0. The summed E-state index contributed by atoms with van der Waals surface area (Å²) in [5, 5.41) is 2.23. The number of benzene rings is 2. The number of hydrogen-bond acceptors (Lipinski definition) is 5. The Kier molecular flexibility index (Phi) is 9.23. The van der Waals surface area contributed by atoms with Crippen LogP contribution < -0.4 is 5.32 Å². The maximum absolute atomic E-state index is 12.7. The normalized spacial score (nSPS) is 12.7. The van der Waals surface area contributed by atoms with E-state index in [-0.39, 0.29) is 44.2 Å². The van der Waals surface area contributed by atoms with E-state index in [2.05, 4.69) is 21.2 Å². The number of halogens is 5. The van der Waals surface area contributed by atoms with Gasteiger partial charge in [-0.15, -0.1) is 0 Å². The topological polar surface area (TPSA) is 92.8 Å². The average Bonchev–Trinajstić information content (AvgIpc) is 3.06. The van der Waals surface area contributed by atoms with Crippen molar-refractivity contribution < 1.29 is 23.9 Å². The first-order valence-electron chi connectivity index (χ1n) is 10.0. The van der Waals surface area contributed by atoms with Crippen molar-refractivity contribution in [1.29, 1.82) is 0 Å². The van der Waals surface area contributed by atoms with Gasteiger partial charge in [-0.1, -0.05) is 68.8 Å². The number of rotatable bonds is 9. The molecule has 1 aliphatic rings. The lowest BCUT2D eigenvalue weighted by molar-refractivity contribution is -0.147. The molecular weight excluding hydrogens is 594 g/mol. The number of anilines is 1. The molecule has 0 radical (unpaired) electrons. The molecule has 34 heavy (non-hydrogen) atoms. The maximum Gasteiger partial charge on any atom is 0.306 e. The molecule has 0 saturated carbocycles. The van der Waals surface area contributed by atoms with Crippen molar-refractivity contribution in [3.63, 3.8) is 0 Å². The van der Waals surface area contributed by atoms with Crippen molar-refractivity contribution in [3.05, 3.63) is 60.0 Å². The summed E-state index contributed by atoms with van der Waals surface area (Å²) in [7, 11) is 0. The minimum absolute atomic E-state index is 0.0592. The summed E-state index contributed by atoms with van der Waals surface area (Å²) in [6, 6.07) is 6.97. The van der Waals surface area contributed by atoms with Gasteiger partial charge in [0.15, 0.2) is 6.61 Å². The van der Waals surface area contributed by atoms with E-state index in [1.54, 1.807) is 24.3 Å². The number of fused-ring (bicyclic) bond motifs is 1. The van der Waals surface area contributed by atoms with Gasteiger partial charge in [-0.05, 0) is 37.1 Å². The number of nitrogens with zero attached hydrogens (tertiary/aromatic N) is 1. The zero-order chi connectivity index (χ0) is 25.0. The summed E-state index contributed by atoms with van der Waals surface area (Å²) in [4.78, 5) is 50.1. The lowest BCUT2D eigenvalue weighted by Crippen LogP contribution is -2.30. The molecule has 7 nitrogen and oxygen atoms in total. The SMILES string of the molecule is O=C(COC(=O)CCCCCN1C(=O)c2c(Cl)c(Cl)c(Cl)c(Cl)c2C1=O)Nc1ccc(Br)cc1. The van der Waals surface area contributed by atoms with Gasteiger partial charge in [0.1, 0.15) is 0 Å². The van der Waals surface area contributed by atoms with Crippen molar-refractivity contribution in [2.24, 2.45) is 0 Å². The summed E-state index contributed by atoms with van der Waals surface area (Å²) in [5.74, 6) is -2.16. The molecule has 0 unspecified atom stereocenters. The van der Waals surface area contributed by atoms with E-state index in [0.717, 1.165) is 9.37 Å². The highest BCUT2D eigenvalue weighted by atomic mass is 79.9.